The zero-order valence-electron chi connectivity index (χ0n) is 79.5. The fourth-order valence-electron chi connectivity index (χ4n) is 25.8. The first-order valence-electron chi connectivity index (χ1n) is 50.5. The predicted octanol–water partition coefficient (Wildman–Crippen LogP) is 36.9. The summed E-state index contributed by atoms with van der Waals surface area (Å²) in [5.41, 5.74) is 47.4. The number of nitrogens with zero attached hydrogens (tertiary/aromatic N) is 5. The number of benzene rings is 23. The van der Waals surface area contributed by atoms with E-state index in [9.17, 15) is 0 Å². The zero-order valence-corrected chi connectivity index (χ0v) is 79.5. The maximum absolute atomic E-state index is 6.57. The van der Waals surface area contributed by atoms with Gasteiger partial charge in [-0.3, -0.25) is 0 Å². The highest BCUT2D eigenvalue weighted by atomic mass is 16.3. The topological polar surface area (TPSA) is 34.4 Å². The molecule has 31 rings (SSSR count). The van der Waals surface area contributed by atoms with E-state index in [1.165, 1.54) is 171 Å². The third-order valence-corrected chi connectivity index (χ3v) is 31.7. The highest BCUT2D eigenvalue weighted by Crippen LogP contribution is 2.67. The van der Waals surface area contributed by atoms with E-state index in [0.717, 1.165) is 101 Å². The second-order valence-electron chi connectivity index (χ2n) is 39.0. The summed E-state index contributed by atoms with van der Waals surface area (Å²) in [5, 5.41) is 9.84. The molecule has 2 unspecified atom stereocenters. The van der Waals surface area contributed by atoms with E-state index in [0.29, 0.717) is 0 Å². The molecule has 2 aliphatic heterocycles. The van der Waals surface area contributed by atoms with Gasteiger partial charge in [0.1, 0.15) is 11.2 Å². The Kier molecular flexibility index (Phi) is 18.5. The lowest BCUT2D eigenvalue weighted by molar-refractivity contribution is 0.670. The SMILES string of the molecule is c1ccc(-c2cccc(-c3ccccc3N(c3ccc(-c4ccc5c6ccccc6n(-c6ccccc6)c5c4)cc3)c3cccc4c3-c3ccccc3C43c4ccccc4-n4c5ccccc5c5cccc3c54)c2)cc1.c1ccc(-c2cccc(-c3ccccc3N(c3ccc(-c4cccc5c4oc4ccccc45)cc3)c3cccc4c3-c3ccccc3C43c4ccccc4-n4c5ccccc5c5cccc3c54)c2)cc1. The van der Waals surface area contributed by atoms with E-state index in [-0.39, 0.29) is 0 Å². The number of aromatic nitrogens is 3. The van der Waals surface area contributed by atoms with Gasteiger partial charge in [0.25, 0.3) is 0 Å². The van der Waals surface area contributed by atoms with E-state index in [1.54, 1.807) is 0 Å². The molecule has 6 heteroatoms. The second-order valence-corrected chi connectivity index (χ2v) is 39.0. The number of rotatable bonds is 13. The Morgan fingerprint density at radius 2 is 0.507 bits per heavy atom. The molecular weight excluding hydrogens is 1770 g/mol. The molecule has 0 radical (unpaired) electrons. The van der Waals surface area contributed by atoms with Crippen molar-refractivity contribution in [3.63, 3.8) is 0 Å². The van der Waals surface area contributed by atoms with Gasteiger partial charge in [0.2, 0.25) is 0 Å². The van der Waals surface area contributed by atoms with Gasteiger partial charge in [-0.25, -0.2) is 0 Å². The minimum Gasteiger partial charge on any atom is -0.455 e. The number of anilines is 6. The lowest BCUT2D eigenvalue weighted by Gasteiger charge is -2.39. The summed E-state index contributed by atoms with van der Waals surface area (Å²) in [4.78, 5) is 5.04. The first-order chi connectivity index (χ1) is 72.5. The van der Waals surface area contributed by atoms with Crippen molar-refractivity contribution in [1.29, 1.82) is 0 Å². The fourth-order valence-corrected chi connectivity index (χ4v) is 25.8. The molecule has 680 valence electrons. The van der Waals surface area contributed by atoms with Crippen molar-refractivity contribution >= 4 is 121 Å². The first-order valence-corrected chi connectivity index (χ1v) is 50.5. The number of fused-ring (bicyclic) bond motifs is 30. The number of furan rings is 1. The highest BCUT2D eigenvalue weighted by molar-refractivity contribution is 6.17. The van der Waals surface area contributed by atoms with Crippen LogP contribution >= 0.6 is 0 Å². The Morgan fingerprint density at radius 3 is 1.03 bits per heavy atom. The largest absolute Gasteiger partial charge is 0.455 e. The van der Waals surface area contributed by atoms with E-state index >= 15 is 0 Å². The van der Waals surface area contributed by atoms with Crippen LogP contribution in [0.3, 0.4) is 0 Å². The van der Waals surface area contributed by atoms with Gasteiger partial charge in [-0.05, 0) is 221 Å². The van der Waals surface area contributed by atoms with Crippen molar-refractivity contribution < 1.29 is 4.42 Å². The number of hydrogen-bond acceptors (Lipinski definition) is 3. The minimum atomic E-state index is -0.595. The highest BCUT2D eigenvalue weighted by Gasteiger charge is 2.54. The summed E-state index contributed by atoms with van der Waals surface area (Å²) < 4.78 is 14.0. The van der Waals surface area contributed by atoms with Crippen molar-refractivity contribution in [3.8, 4) is 106 Å². The Labute approximate surface area is 844 Å². The van der Waals surface area contributed by atoms with Crippen LogP contribution in [0.25, 0.3) is 193 Å². The van der Waals surface area contributed by atoms with Gasteiger partial charge < -0.3 is 27.9 Å². The summed E-state index contributed by atoms with van der Waals surface area (Å²) in [5.74, 6) is 0. The molecule has 0 fully saturated rings. The second kappa shape index (κ2) is 32.7. The molecular formula is C140H89N5O. The van der Waals surface area contributed by atoms with Gasteiger partial charge in [0.05, 0.1) is 78.1 Å². The predicted molar refractivity (Wildman–Crippen MR) is 607 cm³/mol. The van der Waals surface area contributed by atoms with E-state index in [4.69, 9.17) is 4.42 Å². The first kappa shape index (κ1) is 82.7. The van der Waals surface area contributed by atoms with Crippen LogP contribution in [0.2, 0.25) is 0 Å². The standard InChI is InChI=1S/C73H47N3.C67H42N2O/c1-3-20-48(21-4-1)50-22-17-23-52(46-50)55-26-8-13-35-65(55)74(54-43-40-49(41-44-54)51-42-45-58-56-27-9-14-36-66(56)75(70(58)47-51)53-24-5-2-6-25-53)69-39-19-33-63-71(69)60-29-7-11-31-61(60)73(63)62-32-12-16-38-68(62)76-67-37-15-10-28-57(67)59-30-18-34-64(73)72(59)76;1-2-18-43(19-3-1)45-20-14-21-46(42-45)48-22-5-10-33-59(48)68(47-40-38-44(39-41-47)49-26-15-28-53-51-24-7-13-37-63(51)70-66(49)53)62-36-17-31-57-64(62)54-25-4-8-29-55(54)67(57)56-30-9-12-35-61(56)69-60-34-11-6-23-50(60)52-27-16-32-58(67)65(52)69/h1-47H;1-42H. The molecule has 146 heavy (non-hydrogen) atoms. The average Bonchev–Trinajstić information content (AvgIpc) is 1.51. The lowest BCUT2D eigenvalue weighted by atomic mass is 9.65. The molecule has 23 aromatic carbocycles. The summed E-state index contributed by atoms with van der Waals surface area (Å²) in [6, 6.07) is 199. The molecule has 6 nitrogen and oxygen atoms in total. The summed E-state index contributed by atoms with van der Waals surface area (Å²) in [7, 11) is 0. The third-order valence-electron chi connectivity index (χ3n) is 31.7. The molecule has 4 aliphatic rings. The van der Waals surface area contributed by atoms with Gasteiger partial charge in [-0.15, -0.1) is 0 Å². The van der Waals surface area contributed by atoms with Crippen LogP contribution in [0, 0.1) is 0 Å². The van der Waals surface area contributed by atoms with Gasteiger partial charge in [-0.1, -0.05) is 425 Å². The molecule has 27 aromatic rings. The van der Waals surface area contributed by atoms with Crippen molar-refractivity contribution in [2.45, 2.75) is 10.8 Å². The lowest BCUT2D eigenvalue weighted by Crippen LogP contribution is -2.33. The van der Waals surface area contributed by atoms with Crippen molar-refractivity contribution in [1.82, 2.24) is 13.7 Å². The van der Waals surface area contributed by atoms with Crippen molar-refractivity contribution in [2.24, 2.45) is 0 Å². The van der Waals surface area contributed by atoms with Gasteiger partial charge in [-0.2, -0.15) is 0 Å². The average molecular weight is 1860 g/mol. The van der Waals surface area contributed by atoms with Crippen LogP contribution in [0.15, 0.2) is 544 Å². The summed E-state index contributed by atoms with van der Waals surface area (Å²) in [6.45, 7) is 0. The van der Waals surface area contributed by atoms with Crippen LogP contribution in [0.4, 0.5) is 34.1 Å². The molecule has 0 bridgehead atoms. The normalized spacial score (nSPS) is 14.2. The number of para-hydroxylation sites is 12. The zero-order chi connectivity index (χ0) is 95.8. The molecule has 2 aliphatic carbocycles. The number of hydrogen-bond donors (Lipinski definition) is 0. The van der Waals surface area contributed by atoms with Crippen LogP contribution < -0.4 is 9.80 Å². The Morgan fingerprint density at radius 1 is 0.178 bits per heavy atom. The summed E-state index contributed by atoms with van der Waals surface area (Å²) >= 11 is 0. The summed E-state index contributed by atoms with van der Waals surface area (Å²) in [6.07, 6.45) is 0. The fraction of sp³-hybridized carbons (Fsp3) is 0.0143. The van der Waals surface area contributed by atoms with Crippen LogP contribution in [-0.2, 0) is 10.8 Å². The molecule has 2 atom stereocenters. The molecule has 0 saturated heterocycles. The van der Waals surface area contributed by atoms with E-state index in [2.05, 4.69) is 557 Å². The van der Waals surface area contributed by atoms with E-state index in [1.807, 2.05) is 6.07 Å². The van der Waals surface area contributed by atoms with Crippen LogP contribution in [0.1, 0.15) is 44.5 Å². The maximum atomic E-state index is 6.57. The van der Waals surface area contributed by atoms with Crippen LogP contribution in [0.5, 0.6) is 0 Å². The van der Waals surface area contributed by atoms with Crippen molar-refractivity contribution in [2.75, 3.05) is 9.80 Å². The molecule has 6 heterocycles. The minimum absolute atomic E-state index is 0.591. The van der Waals surface area contributed by atoms with Gasteiger partial charge in [0.15, 0.2) is 0 Å². The quantitative estimate of drug-likeness (QED) is 0.115. The monoisotopic (exact) mass is 1860 g/mol. The Bertz CT molecular complexity index is 10000. The van der Waals surface area contributed by atoms with E-state index < -0.39 is 10.8 Å². The molecule has 0 amide bonds. The Balaban J connectivity index is 0.000000136. The van der Waals surface area contributed by atoms with Gasteiger partial charge >= 0.3 is 0 Å². The molecule has 0 N–H and O–H groups in total. The van der Waals surface area contributed by atoms with Gasteiger partial charge in [0, 0.05) is 88.0 Å². The molecule has 4 aromatic heterocycles. The van der Waals surface area contributed by atoms with Crippen molar-refractivity contribution in [3.05, 3.63) is 584 Å². The van der Waals surface area contributed by atoms with Crippen LogP contribution in [-0.4, -0.2) is 13.7 Å². The molecule has 0 saturated carbocycles. The maximum Gasteiger partial charge on any atom is 0.143 e. The molecule has 2 spiro atoms. The smallest absolute Gasteiger partial charge is 0.143 e. The Hall–Kier alpha value is -19.1. The third kappa shape index (κ3) is 12.1.